The zero-order valence-electron chi connectivity index (χ0n) is 8.27. The van der Waals surface area contributed by atoms with Crippen LogP contribution in [0.5, 0.6) is 0 Å². The molecule has 2 heteroatoms. The molecule has 1 saturated heterocycles. The maximum absolute atomic E-state index is 5.96. The van der Waals surface area contributed by atoms with Gasteiger partial charge in [-0.05, 0) is 32.6 Å². The topological polar surface area (TPSA) is 29.3 Å². The highest BCUT2D eigenvalue weighted by molar-refractivity contribution is 5.15. The van der Waals surface area contributed by atoms with Crippen molar-refractivity contribution in [2.75, 3.05) is 6.54 Å². The molecule has 0 aliphatic carbocycles. The van der Waals surface area contributed by atoms with Crippen LogP contribution in [-0.4, -0.2) is 17.1 Å². The Morgan fingerprint density at radius 3 is 2.75 bits per heavy atom. The zero-order chi connectivity index (χ0) is 9.19. The predicted octanol–water partition coefficient (Wildman–Crippen LogP) is 2.07. The summed E-state index contributed by atoms with van der Waals surface area (Å²) < 4.78 is 0. The van der Waals surface area contributed by atoms with Crippen molar-refractivity contribution in [2.24, 2.45) is 5.84 Å². The molecule has 0 aromatic carbocycles. The first-order chi connectivity index (χ1) is 5.61. The number of hydrazine groups is 1. The number of hydrogen-bond donors (Lipinski definition) is 1. The zero-order valence-corrected chi connectivity index (χ0v) is 8.27. The molecule has 1 rings (SSSR count). The summed E-state index contributed by atoms with van der Waals surface area (Å²) in [6.07, 6.45) is 4.70. The van der Waals surface area contributed by atoms with Crippen molar-refractivity contribution in [2.45, 2.75) is 45.1 Å². The Morgan fingerprint density at radius 1 is 1.58 bits per heavy atom. The van der Waals surface area contributed by atoms with E-state index < -0.39 is 0 Å². The maximum atomic E-state index is 5.96. The average Bonchev–Trinajstić information content (AvgIpc) is 2.09. The smallest absolute Gasteiger partial charge is 0.0529 e. The van der Waals surface area contributed by atoms with Gasteiger partial charge in [-0.15, -0.1) is 0 Å². The number of nitrogens with zero attached hydrogens (tertiary/aromatic N) is 1. The first kappa shape index (κ1) is 9.75. The van der Waals surface area contributed by atoms with Crippen molar-refractivity contribution in [3.8, 4) is 0 Å². The summed E-state index contributed by atoms with van der Waals surface area (Å²) in [6, 6.07) is 0. The van der Waals surface area contributed by atoms with Gasteiger partial charge in [-0.2, -0.15) is 0 Å². The molecule has 0 aromatic rings. The van der Waals surface area contributed by atoms with Crippen LogP contribution in [-0.2, 0) is 0 Å². The van der Waals surface area contributed by atoms with E-state index in [1.807, 2.05) is 5.01 Å². The second kappa shape index (κ2) is 3.58. The van der Waals surface area contributed by atoms with Gasteiger partial charge >= 0.3 is 0 Å². The van der Waals surface area contributed by atoms with Gasteiger partial charge < -0.3 is 0 Å². The van der Waals surface area contributed by atoms with E-state index in [4.69, 9.17) is 5.84 Å². The van der Waals surface area contributed by atoms with Crippen molar-refractivity contribution in [3.63, 3.8) is 0 Å². The molecule has 0 aromatic heterocycles. The second-order valence-electron chi connectivity index (χ2n) is 3.88. The molecule has 1 atom stereocenters. The molecule has 1 aliphatic rings. The van der Waals surface area contributed by atoms with Crippen LogP contribution in [0.1, 0.15) is 39.5 Å². The number of nitrogens with two attached hydrogens (primary N) is 1. The summed E-state index contributed by atoms with van der Waals surface area (Å²) in [5.74, 6) is 5.96. The van der Waals surface area contributed by atoms with Crippen LogP contribution >= 0.6 is 0 Å². The van der Waals surface area contributed by atoms with Gasteiger partial charge in [0.2, 0.25) is 0 Å². The Balaban J connectivity index is 2.72. The Bertz CT molecular complexity index is 177. The molecule has 0 saturated carbocycles. The van der Waals surface area contributed by atoms with Crippen molar-refractivity contribution < 1.29 is 0 Å². The van der Waals surface area contributed by atoms with Crippen molar-refractivity contribution in [1.29, 1.82) is 0 Å². The third-order valence-electron chi connectivity index (χ3n) is 3.13. The average molecular weight is 168 g/mol. The number of piperidine rings is 1. The van der Waals surface area contributed by atoms with Gasteiger partial charge in [0.1, 0.15) is 0 Å². The van der Waals surface area contributed by atoms with E-state index in [2.05, 4.69) is 20.4 Å². The van der Waals surface area contributed by atoms with E-state index in [1.165, 1.54) is 18.4 Å². The lowest BCUT2D eigenvalue weighted by atomic mass is 9.82. The van der Waals surface area contributed by atoms with Crippen LogP contribution in [0.4, 0.5) is 0 Å². The highest BCUT2D eigenvalue weighted by atomic mass is 15.4. The van der Waals surface area contributed by atoms with Crippen LogP contribution in [0.15, 0.2) is 12.2 Å². The summed E-state index contributed by atoms with van der Waals surface area (Å²) in [7, 11) is 0. The van der Waals surface area contributed by atoms with Crippen LogP contribution in [0.25, 0.3) is 0 Å². The van der Waals surface area contributed by atoms with E-state index in [-0.39, 0.29) is 5.54 Å². The first-order valence-electron chi connectivity index (χ1n) is 4.82. The Labute approximate surface area is 75.4 Å². The van der Waals surface area contributed by atoms with Crippen LogP contribution in [0, 0.1) is 0 Å². The minimum Gasteiger partial charge on any atom is -0.268 e. The van der Waals surface area contributed by atoms with Gasteiger partial charge in [0.15, 0.2) is 0 Å². The molecule has 1 fully saturated rings. The van der Waals surface area contributed by atoms with Gasteiger partial charge in [0, 0.05) is 6.54 Å². The lowest BCUT2D eigenvalue weighted by Gasteiger charge is -2.43. The van der Waals surface area contributed by atoms with Gasteiger partial charge in [-0.25, -0.2) is 5.01 Å². The summed E-state index contributed by atoms with van der Waals surface area (Å²) in [5.41, 5.74) is 1.33. The van der Waals surface area contributed by atoms with E-state index in [9.17, 15) is 0 Å². The summed E-state index contributed by atoms with van der Waals surface area (Å²) in [4.78, 5) is 0. The van der Waals surface area contributed by atoms with Crippen molar-refractivity contribution in [1.82, 2.24) is 5.01 Å². The molecule has 1 heterocycles. The van der Waals surface area contributed by atoms with Crippen LogP contribution < -0.4 is 5.84 Å². The molecule has 0 bridgehead atoms. The van der Waals surface area contributed by atoms with E-state index in [0.717, 1.165) is 19.4 Å². The Morgan fingerprint density at radius 2 is 2.25 bits per heavy atom. The molecule has 2 N–H and O–H groups in total. The Kier molecular flexibility index (Phi) is 2.91. The predicted molar refractivity (Wildman–Crippen MR) is 52.6 cm³/mol. The SMILES string of the molecule is C=C(CC)C1(C)CCCCN1N. The lowest BCUT2D eigenvalue weighted by molar-refractivity contribution is 0.0900. The molecule has 12 heavy (non-hydrogen) atoms. The van der Waals surface area contributed by atoms with Gasteiger partial charge in [0.25, 0.3) is 0 Å². The molecular formula is C10H20N2. The van der Waals surface area contributed by atoms with E-state index in [0.29, 0.717) is 0 Å². The molecule has 2 nitrogen and oxygen atoms in total. The summed E-state index contributed by atoms with van der Waals surface area (Å²) in [6.45, 7) is 9.46. The number of hydrogen-bond acceptors (Lipinski definition) is 2. The minimum absolute atomic E-state index is 0.0625. The lowest BCUT2D eigenvalue weighted by Crippen LogP contribution is -2.54. The van der Waals surface area contributed by atoms with Crippen LogP contribution in [0.3, 0.4) is 0 Å². The van der Waals surface area contributed by atoms with Crippen LogP contribution in [0.2, 0.25) is 0 Å². The van der Waals surface area contributed by atoms with Crippen molar-refractivity contribution in [3.05, 3.63) is 12.2 Å². The van der Waals surface area contributed by atoms with Gasteiger partial charge in [-0.1, -0.05) is 19.1 Å². The maximum Gasteiger partial charge on any atom is 0.0529 e. The summed E-state index contributed by atoms with van der Waals surface area (Å²) in [5, 5.41) is 1.96. The first-order valence-corrected chi connectivity index (χ1v) is 4.82. The second-order valence-corrected chi connectivity index (χ2v) is 3.88. The monoisotopic (exact) mass is 168 g/mol. The molecule has 0 amide bonds. The molecule has 70 valence electrons. The minimum atomic E-state index is 0.0625. The highest BCUT2D eigenvalue weighted by Gasteiger charge is 2.33. The standard InChI is InChI=1S/C10H20N2/c1-4-9(2)10(3)7-5-6-8-12(10)11/h2,4-8,11H2,1,3H3. The van der Waals surface area contributed by atoms with E-state index in [1.54, 1.807) is 0 Å². The molecule has 1 unspecified atom stereocenters. The van der Waals surface area contributed by atoms with Gasteiger partial charge in [0.05, 0.1) is 5.54 Å². The third kappa shape index (κ3) is 1.54. The molecule has 1 aliphatic heterocycles. The fourth-order valence-corrected chi connectivity index (χ4v) is 1.90. The van der Waals surface area contributed by atoms with Crippen molar-refractivity contribution >= 4 is 0 Å². The van der Waals surface area contributed by atoms with Gasteiger partial charge in [-0.3, -0.25) is 5.84 Å². The third-order valence-corrected chi connectivity index (χ3v) is 3.13. The molecular weight excluding hydrogens is 148 g/mol. The fraction of sp³-hybridized carbons (Fsp3) is 0.800. The molecule has 0 spiro atoms. The molecule has 0 radical (unpaired) electrons. The van der Waals surface area contributed by atoms with E-state index >= 15 is 0 Å². The fourth-order valence-electron chi connectivity index (χ4n) is 1.90. The Hall–Kier alpha value is -0.340. The number of rotatable bonds is 2. The largest absolute Gasteiger partial charge is 0.268 e. The summed E-state index contributed by atoms with van der Waals surface area (Å²) >= 11 is 0. The normalized spacial score (nSPS) is 31.9. The quantitative estimate of drug-likeness (QED) is 0.505. The highest BCUT2D eigenvalue weighted by Crippen LogP contribution is 2.32.